The van der Waals surface area contributed by atoms with Crippen molar-refractivity contribution in [2.75, 3.05) is 0 Å². The molecule has 22 heavy (non-hydrogen) atoms. The molecule has 0 fully saturated rings. The number of hydrogen-bond donors (Lipinski definition) is 0. The fraction of sp³-hybridized carbons (Fsp3) is 0.381. The highest BCUT2D eigenvalue weighted by atomic mass is 14.8. The van der Waals surface area contributed by atoms with Gasteiger partial charge in [0.05, 0.1) is 5.71 Å². The van der Waals surface area contributed by atoms with Crippen molar-refractivity contribution in [3.8, 4) is 0 Å². The lowest BCUT2D eigenvalue weighted by Gasteiger charge is -2.22. The van der Waals surface area contributed by atoms with E-state index >= 15 is 0 Å². The molecule has 0 aromatic heterocycles. The van der Waals surface area contributed by atoms with Crippen molar-refractivity contribution in [3.63, 3.8) is 0 Å². The molecule has 1 heterocycles. The minimum absolute atomic E-state index is 0.0785. The van der Waals surface area contributed by atoms with Gasteiger partial charge in [-0.1, -0.05) is 71.9 Å². The number of aliphatic imine (C=N–C) groups is 1. The molecule has 0 bridgehead atoms. The smallest absolute Gasteiger partial charge is 0.0749 e. The molecule has 3 rings (SSSR count). The number of hydrogen-bond acceptors (Lipinski definition) is 1. The molecule has 0 N–H and O–H groups in total. The van der Waals surface area contributed by atoms with Crippen LogP contribution in [0, 0.1) is 10.8 Å². The topological polar surface area (TPSA) is 12.4 Å². The lowest BCUT2D eigenvalue weighted by atomic mass is 9.84. The monoisotopic (exact) mass is 291 g/mol. The number of fused-ring (bicyclic) bond motifs is 1. The van der Waals surface area contributed by atoms with Crippen LogP contribution in [0.15, 0.2) is 64.3 Å². The van der Waals surface area contributed by atoms with Crippen LogP contribution >= 0.6 is 0 Å². The fourth-order valence-electron chi connectivity index (χ4n) is 2.93. The predicted molar refractivity (Wildman–Crippen MR) is 95.9 cm³/mol. The van der Waals surface area contributed by atoms with Gasteiger partial charge in [0, 0.05) is 16.7 Å². The van der Waals surface area contributed by atoms with E-state index in [0.717, 1.165) is 0 Å². The van der Waals surface area contributed by atoms with E-state index in [0.29, 0.717) is 0 Å². The number of allylic oxidation sites excluding steroid dienone is 6. The molecule has 0 radical (unpaired) electrons. The highest BCUT2D eigenvalue weighted by Gasteiger charge is 2.35. The van der Waals surface area contributed by atoms with Crippen LogP contribution in [0.2, 0.25) is 0 Å². The second-order valence-corrected chi connectivity index (χ2v) is 8.24. The number of rotatable bonds is 1. The minimum atomic E-state index is 0.0785. The molecule has 0 saturated carbocycles. The first kappa shape index (κ1) is 15.0. The van der Waals surface area contributed by atoms with Gasteiger partial charge in [0.15, 0.2) is 0 Å². The molecule has 2 aliphatic rings. The zero-order valence-electron chi connectivity index (χ0n) is 14.5. The van der Waals surface area contributed by atoms with E-state index in [9.17, 15) is 0 Å². The summed E-state index contributed by atoms with van der Waals surface area (Å²) in [4.78, 5) is 5.00. The minimum Gasteiger partial charge on any atom is -0.252 e. The van der Waals surface area contributed by atoms with Crippen molar-refractivity contribution >= 4 is 11.3 Å². The Hall–Kier alpha value is -1.89. The van der Waals surface area contributed by atoms with Gasteiger partial charge in [-0.15, -0.1) is 0 Å². The summed E-state index contributed by atoms with van der Waals surface area (Å²) < 4.78 is 0. The molecule has 1 aromatic carbocycles. The van der Waals surface area contributed by atoms with Gasteiger partial charge in [-0.25, -0.2) is 0 Å². The molecular weight excluding hydrogens is 266 g/mol. The summed E-state index contributed by atoms with van der Waals surface area (Å²) in [6.07, 6.45) is 4.62. The van der Waals surface area contributed by atoms with Crippen LogP contribution in [0.4, 0.5) is 0 Å². The summed E-state index contributed by atoms with van der Waals surface area (Å²) >= 11 is 0. The quantitative estimate of drug-likeness (QED) is 0.619. The number of benzene rings is 1. The predicted octanol–water partition coefficient (Wildman–Crippen LogP) is 5.81. The van der Waals surface area contributed by atoms with E-state index in [1.165, 1.54) is 33.7 Å². The van der Waals surface area contributed by atoms with Crippen LogP contribution < -0.4 is 0 Å². The molecule has 0 amide bonds. The summed E-state index contributed by atoms with van der Waals surface area (Å²) in [7, 11) is 0. The van der Waals surface area contributed by atoms with Crippen molar-refractivity contribution in [1.29, 1.82) is 0 Å². The largest absolute Gasteiger partial charge is 0.252 e. The second-order valence-electron chi connectivity index (χ2n) is 8.24. The van der Waals surface area contributed by atoms with Gasteiger partial charge < -0.3 is 0 Å². The first-order chi connectivity index (χ1) is 10.2. The molecule has 1 aliphatic carbocycles. The SMILES string of the molecule is CC(C)(C)C1=CC2=C(c3ccccc3)C=C(C(C)(C)C)C2=N1. The molecule has 114 valence electrons. The van der Waals surface area contributed by atoms with Gasteiger partial charge in [-0.2, -0.15) is 0 Å². The van der Waals surface area contributed by atoms with Crippen LogP contribution in [0.3, 0.4) is 0 Å². The average Bonchev–Trinajstić information content (AvgIpc) is 2.96. The van der Waals surface area contributed by atoms with E-state index < -0.39 is 0 Å². The lowest BCUT2D eigenvalue weighted by Crippen LogP contribution is -2.15. The van der Waals surface area contributed by atoms with E-state index in [2.05, 4.69) is 84.0 Å². The van der Waals surface area contributed by atoms with Crippen molar-refractivity contribution in [1.82, 2.24) is 0 Å². The van der Waals surface area contributed by atoms with Crippen LogP contribution in [0.5, 0.6) is 0 Å². The Balaban J connectivity index is 2.18. The molecule has 1 aromatic rings. The average molecular weight is 291 g/mol. The molecule has 0 unspecified atom stereocenters. The zero-order chi connectivity index (χ0) is 16.1. The van der Waals surface area contributed by atoms with Crippen LogP contribution in [-0.2, 0) is 0 Å². The normalized spacial score (nSPS) is 18.2. The summed E-state index contributed by atoms with van der Waals surface area (Å²) in [6.45, 7) is 13.5. The third kappa shape index (κ3) is 2.49. The molecular formula is C21H25N. The lowest BCUT2D eigenvalue weighted by molar-refractivity contribution is 0.498. The Morgan fingerprint density at radius 3 is 1.91 bits per heavy atom. The fourth-order valence-corrected chi connectivity index (χ4v) is 2.93. The van der Waals surface area contributed by atoms with Crippen LogP contribution in [0.25, 0.3) is 5.57 Å². The maximum Gasteiger partial charge on any atom is 0.0749 e. The third-order valence-corrected chi connectivity index (χ3v) is 4.26. The van der Waals surface area contributed by atoms with Crippen molar-refractivity contribution in [2.24, 2.45) is 15.8 Å². The molecule has 1 aliphatic heterocycles. The summed E-state index contributed by atoms with van der Waals surface area (Å²) in [5, 5.41) is 0. The number of nitrogens with zero attached hydrogens (tertiary/aromatic N) is 1. The summed E-state index contributed by atoms with van der Waals surface area (Å²) in [5.41, 5.74) is 7.76. The van der Waals surface area contributed by atoms with Crippen LogP contribution in [0.1, 0.15) is 47.1 Å². The zero-order valence-corrected chi connectivity index (χ0v) is 14.5. The maximum absolute atomic E-state index is 5.00. The third-order valence-electron chi connectivity index (χ3n) is 4.26. The Kier molecular flexibility index (Phi) is 3.28. The van der Waals surface area contributed by atoms with Crippen LogP contribution in [-0.4, -0.2) is 5.71 Å². The highest BCUT2D eigenvalue weighted by molar-refractivity contribution is 6.26. The molecule has 0 atom stereocenters. The van der Waals surface area contributed by atoms with Gasteiger partial charge in [0.1, 0.15) is 0 Å². The highest BCUT2D eigenvalue weighted by Crippen LogP contribution is 2.45. The Morgan fingerprint density at radius 1 is 0.727 bits per heavy atom. The van der Waals surface area contributed by atoms with E-state index in [-0.39, 0.29) is 10.8 Å². The molecule has 0 saturated heterocycles. The standard InChI is InChI=1S/C21H25N/c1-20(2,3)17-12-15(14-10-8-7-9-11-14)16-13-18(21(4,5)6)22-19(16)17/h7-13H,1-6H3. The van der Waals surface area contributed by atoms with Gasteiger partial charge >= 0.3 is 0 Å². The van der Waals surface area contributed by atoms with E-state index in [4.69, 9.17) is 4.99 Å². The first-order valence-electron chi connectivity index (χ1n) is 8.01. The second kappa shape index (κ2) is 4.81. The van der Waals surface area contributed by atoms with Crippen molar-refractivity contribution < 1.29 is 0 Å². The van der Waals surface area contributed by atoms with Crippen molar-refractivity contribution in [3.05, 3.63) is 64.9 Å². The van der Waals surface area contributed by atoms with Gasteiger partial charge in [0.25, 0.3) is 0 Å². The summed E-state index contributed by atoms with van der Waals surface area (Å²) in [5.74, 6) is 0. The Bertz CT molecular complexity index is 726. The van der Waals surface area contributed by atoms with E-state index in [1.54, 1.807) is 0 Å². The van der Waals surface area contributed by atoms with E-state index in [1.807, 2.05) is 0 Å². The first-order valence-corrected chi connectivity index (χ1v) is 8.01. The Labute approximate surface area is 134 Å². The van der Waals surface area contributed by atoms with Gasteiger partial charge in [-0.05, 0) is 34.3 Å². The molecule has 1 heteroatoms. The maximum atomic E-state index is 5.00. The van der Waals surface area contributed by atoms with Gasteiger partial charge in [-0.3, -0.25) is 4.99 Å². The van der Waals surface area contributed by atoms with Crippen molar-refractivity contribution in [2.45, 2.75) is 41.5 Å². The molecule has 1 nitrogen and oxygen atoms in total. The summed E-state index contributed by atoms with van der Waals surface area (Å²) in [6, 6.07) is 10.6. The Morgan fingerprint density at radius 2 is 1.36 bits per heavy atom. The molecule has 0 spiro atoms. The van der Waals surface area contributed by atoms with Gasteiger partial charge in [0.2, 0.25) is 0 Å².